The lowest BCUT2D eigenvalue weighted by molar-refractivity contribution is -0.384. The van der Waals surface area contributed by atoms with Crippen molar-refractivity contribution in [3.63, 3.8) is 0 Å². The van der Waals surface area contributed by atoms with Crippen LogP contribution in [0.25, 0.3) is 0 Å². The predicted molar refractivity (Wildman–Crippen MR) is 75.6 cm³/mol. The standard InChI is InChI=1S/C15H14N2O2/c1-12-2-4-13(5-3-12)10-16-11-14-6-8-15(9-7-14)17(18)19/h2-10H,11H2,1H3. The second-order valence-electron chi connectivity index (χ2n) is 4.30. The van der Waals surface area contributed by atoms with Crippen LogP contribution in [0.5, 0.6) is 0 Å². The third-order valence-electron chi connectivity index (χ3n) is 2.74. The fourth-order valence-corrected chi connectivity index (χ4v) is 1.63. The molecule has 4 nitrogen and oxygen atoms in total. The van der Waals surface area contributed by atoms with E-state index in [4.69, 9.17) is 0 Å². The van der Waals surface area contributed by atoms with E-state index in [0.29, 0.717) is 6.54 Å². The molecule has 0 heterocycles. The van der Waals surface area contributed by atoms with Crippen molar-refractivity contribution in [1.82, 2.24) is 0 Å². The fraction of sp³-hybridized carbons (Fsp3) is 0.133. The number of hydrogen-bond acceptors (Lipinski definition) is 3. The number of nitro groups is 1. The van der Waals surface area contributed by atoms with Gasteiger partial charge >= 0.3 is 0 Å². The van der Waals surface area contributed by atoms with Gasteiger partial charge in [-0.05, 0) is 18.1 Å². The van der Waals surface area contributed by atoms with Crippen molar-refractivity contribution in [2.24, 2.45) is 4.99 Å². The predicted octanol–water partition coefficient (Wildman–Crippen LogP) is 3.52. The monoisotopic (exact) mass is 254 g/mol. The Balaban J connectivity index is 1.98. The topological polar surface area (TPSA) is 55.5 Å². The van der Waals surface area contributed by atoms with Crippen LogP contribution in [0, 0.1) is 17.0 Å². The quantitative estimate of drug-likeness (QED) is 0.476. The summed E-state index contributed by atoms with van der Waals surface area (Å²) in [4.78, 5) is 14.4. The number of aliphatic imine (C=N–C) groups is 1. The van der Waals surface area contributed by atoms with Crippen LogP contribution < -0.4 is 0 Å². The molecule has 0 radical (unpaired) electrons. The van der Waals surface area contributed by atoms with E-state index in [1.807, 2.05) is 31.2 Å². The van der Waals surface area contributed by atoms with Gasteiger partial charge in [-0.3, -0.25) is 15.1 Å². The summed E-state index contributed by atoms with van der Waals surface area (Å²) in [6, 6.07) is 14.5. The molecule has 2 rings (SSSR count). The van der Waals surface area contributed by atoms with E-state index in [1.54, 1.807) is 18.3 Å². The molecule has 19 heavy (non-hydrogen) atoms. The maximum Gasteiger partial charge on any atom is 0.269 e. The van der Waals surface area contributed by atoms with Crippen LogP contribution in [0.2, 0.25) is 0 Å². The molecule has 0 bridgehead atoms. The zero-order chi connectivity index (χ0) is 13.7. The SMILES string of the molecule is Cc1ccc(C=NCc2ccc([N+](=O)[O-])cc2)cc1. The number of nitro benzene ring substituents is 1. The van der Waals surface area contributed by atoms with Crippen LogP contribution >= 0.6 is 0 Å². The third-order valence-corrected chi connectivity index (χ3v) is 2.74. The summed E-state index contributed by atoms with van der Waals surface area (Å²) in [6.07, 6.45) is 1.81. The van der Waals surface area contributed by atoms with Crippen LogP contribution in [0.1, 0.15) is 16.7 Å². The molecule has 0 aliphatic heterocycles. The van der Waals surface area contributed by atoms with E-state index >= 15 is 0 Å². The molecule has 4 heteroatoms. The lowest BCUT2D eigenvalue weighted by Crippen LogP contribution is -1.89. The lowest BCUT2D eigenvalue weighted by atomic mass is 10.2. The van der Waals surface area contributed by atoms with Gasteiger partial charge in [0.1, 0.15) is 0 Å². The molecule has 0 unspecified atom stereocenters. The van der Waals surface area contributed by atoms with E-state index < -0.39 is 4.92 Å². The number of benzene rings is 2. The number of aryl methyl sites for hydroxylation is 1. The fourth-order valence-electron chi connectivity index (χ4n) is 1.63. The van der Waals surface area contributed by atoms with Gasteiger partial charge in [-0.1, -0.05) is 42.0 Å². The molecule has 0 saturated carbocycles. The van der Waals surface area contributed by atoms with Gasteiger partial charge in [0.25, 0.3) is 5.69 Å². The number of non-ortho nitro benzene ring substituents is 1. The summed E-state index contributed by atoms with van der Waals surface area (Å²) in [5, 5.41) is 10.5. The zero-order valence-corrected chi connectivity index (χ0v) is 10.6. The molecule has 0 fully saturated rings. The Bertz CT molecular complexity index is 587. The summed E-state index contributed by atoms with van der Waals surface area (Å²) < 4.78 is 0. The first kappa shape index (κ1) is 13.0. The van der Waals surface area contributed by atoms with Crippen LogP contribution in [0.15, 0.2) is 53.5 Å². The van der Waals surface area contributed by atoms with E-state index in [1.165, 1.54) is 17.7 Å². The molecule has 2 aromatic carbocycles. The van der Waals surface area contributed by atoms with Gasteiger partial charge in [-0.25, -0.2) is 0 Å². The Morgan fingerprint density at radius 3 is 2.32 bits per heavy atom. The highest BCUT2D eigenvalue weighted by molar-refractivity contribution is 5.79. The molecule has 0 saturated heterocycles. The van der Waals surface area contributed by atoms with Gasteiger partial charge in [0, 0.05) is 18.3 Å². The molecule has 96 valence electrons. The molecule has 0 aromatic heterocycles. The Morgan fingerprint density at radius 2 is 1.74 bits per heavy atom. The normalized spacial score (nSPS) is 10.8. The highest BCUT2D eigenvalue weighted by Crippen LogP contribution is 2.12. The molecule has 0 aliphatic carbocycles. The number of rotatable bonds is 4. The minimum atomic E-state index is -0.403. The molecular weight excluding hydrogens is 240 g/mol. The molecule has 0 amide bonds. The molecule has 0 spiro atoms. The van der Waals surface area contributed by atoms with E-state index in [9.17, 15) is 10.1 Å². The Labute approximate surface area is 111 Å². The van der Waals surface area contributed by atoms with Crippen molar-refractivity contribution in [3.8, 4) is 0 Å². The van der Waals surface area contributed by atoms with Gasteiger partial charge in [-0.2, -0.15) is 0 Å². The van der Waals surface area contributed by atoms with Crippen LogP contribution in [0.3, 0.4) is 0 Å². The largest absolute Gasteiger partial charge is 0.288 e. The minimum absolute atomic E-state index is 0.103. The first-order valence-electron chi connectivity index (χ1n) is 5.95. The second kappa shape index (κ2) is 5.91. The molecule has 0 N–H and O–H groups in total. The average molecular weight is 254 g/mol. The zero-order valence-electron chi connectivity index (χ0n) is 10.6. The first-order valence-corrected chi connectivity index (χ1v) is 5.95. The summed E-state index contributed by atoms with van der Waals surface area (Å²) >= 11 is 0. The number of hydrogen-bond donors (Lipinski definition) is 0. The van der Waals surface area contributed by atoms with Crippen LogP contribution in [-0.2, 0) is 6.54 Å². The summed E-state index contributed by atoms with van der Waals surface area (Å²) in [6.45, 7) is 2.56. The van der Waals surface area contributed by atoms with E-state index in [0.717, 1.165) is 11.1 Å². The van der Waals surface area contributed by atoms with Gasteiger partial charge in [0.15, 0.2) is 0 Å². The first-order chi connectivity index (χ1) is 9.15. The Kier molecular flexibility index (Phi) is 4.03. The minimum Gasteiger partial charge on any atom is -0.288 e. The summed E-state index contributed by atoms with van der Waals surface area (Å²) in [5.74, 6) is 0. The van der Waals surface area contributed by atoms with Crippen molar-refractivity contribution in [2.75, 3.05) is 0 Å². The highest BCUT2D eigenvalue weighted by atomic mass is 16.6. The smallest absolute Gasteiger partial charge is 0.269 e. The van der Waals surface area contributed by atoms with E-state index in [2.05, 4.69) is 4.99 Å². The summed E-state index contributed by atoms with van der Waals surface area (Å²) in [5.41, 5.74) is 3.32. The Hall–Kier alpha value is -2.49. The van der Waals surface area contributed by atoms with E-state index in [-0.39, 0.29) is 5.69 Å². The van der Waals surface area contributed by atoms with Crippen molar-refractivity contribution >= 4 is 11.9 Å². The average Bonchev–Trinajstić information content (AvgIpc) is 2.41. The molecular formula is C15H14N2O2. The van der Waals surface area contributed by atoms with Crippen molar-refractivity contribution in [3.05, 3.63) is 75.3 Å². The Morgan fingerprint density at radius 1 is 1.11 bits per heavy atom. The van der Waals surface area contributed by atoms with Crippen LogP contribution in [0.4, 0.5) is 5.69 Å². The van der Waals surface area contributed by atoms with Gasteiger partial charge < -0.3 is 0 Å². The lowest BCUT2D eigenvalue weighted by Gasteiger charge is -1.97. The van der Waals surface area contributed by atoms with Crippen molar-refractivity contribution in [2.45, 2.75) is 13.5 Å². The van der Waals surface area contributed by atoms with Crippen molar-refractivity contribution < 1.29 is 4.92 Å². The van der Waals surface area contributed by atoms with Crippen molar-refractivity contribution in [1.29, 1.82) is 0 Å². The second-order valence-corrected chi connectivity index (χ2v) is 4.30. The van der Waals surface area contributed by atoms with Gasteiger partial charge in [-0.15, -0.1) is 0 Å². The molecule has 2 aromatic rings. The van der Waals surface area contributed by atoms with Gasteiger partial charge in [0.05, 0.1) is 11.5 Å². The van der Waals surface area contributed by atoms with Crippen LogP contribution in [-0.4, -0.2) is 11.1 Å². The maximum atomic E-state index is 10.5. The molecule has 0 aliphatic rings. The van der Waals surface area contributed by atoms with Gasteiger partial charge in [0.2, 0.25) is 0 Å². The third kappa shape index (κ3) is 3.74. The maximum absolute atomic E-state index is 10.5. The molecule has 0 atom stereocenters. The summed E-state index contributed by atoms with van der Waals surface area (Å²) in [7, 11) is 0. The number of nitrogens with zero attached hydrogens (tertiary/aromatic N) is 2. The highest BCUT2D eigenvalue weighted by Gasteiger charge is 2.02.